The van der Waals surface area contributed by atoms with Gasteiger partial charge in [0.1, 0.15) is 11.5 Å². The maximum Gasteiger partial charge on any atom is 0.274 e. The smallest absolute Gasteiger partial charge is 0.274 e. The minimum atomic E-state index is -0.0898. The lowest BCUT2D eigenvalue weighted by atomic mass is 10.2. The zero-order valence-corrected chi connectivity index (χ0v) is 13.2. The van der Waals surface area contributed by atoms with Crippen LogP contribution in [0.15, 0.2) is 29.6 Å². The Hall–Kier alpha value is -1.59. The molecule has 4 nitrogen and oxygen atoms in total. The fourth-order valence-electron chi connectivity index (χ4n) is 2.19. The van der Waals surface area contributed by atoms with Crippen molar-refractivity contribution in [3.63, 3.8) is 0 Å². The van der Waals surface area contributed by atoms with E-state index in [1.165, 1.54) is 4.88 Å². The van der Waals surface area contributed by atoms with Gasteiger partial charge in [-0.05, 0) is 36.4 Å². The first-order chi connectivity index (χ1) is 10.2. The number of rotatable bonds is 5. The molecular weight excluding hydrogens is 306 g/mol. The molecule has 0 aliphatic heterocycles. The number of anilines is 1. The second kappa shape index (κ2) is 6.03. The van der Waals surface area contributed by atoms with Gasteiger partial charge in [-0.25, -0.2) is 4.98 Å². The van der Waals surface area contributed by atoms with E-state index >= 15 is 0 Å². The third-order valence-corrected chi connectivity index (χ3v) is 4.63. The van der Waals surface area contributed by atoms with Crippen LogP contribution in [0.2, 0.25) is 5.02 Å². The van der Waals surface area contributed by atoms with E-state index in [0.717, 1.165) is 12.8 Å². The number of thiophene rings is 1. The minimum absolute atomic E-state index is 0.0898. The molecule has 0 atom stereocenters. The molecule has 1 amide bonds. The highest BCUT2D eigenvalue weighted by Crippen LogP contribution is 2.31. The SMILES string of the molecule is CNc1ccc(Cl)c(C(=O)N(Cc2cccs2)C2CC2)n1. The largest absolute Gasteiger partial charge is 0.373 e. The third kappa shape index (κ3) is 3.19. The Bertz CT molecular complexity index is 640. The zero-order chi connectivity index (χ0) is 14.8. The van der Waals surface area contributed by atoms with Gasteiger partial charge in [0, 0.05) is 18.0 Å². The average molecular weight is 322 g/mol. The molecule has 0 bridgehead atoms. The lowest BCUT2D eigenvalue weighted by Gasteiger charge is -2.22. The molecule has 1 aliphatic rings. The van der Waals surface area contributed by atoms with Gasteiger partial charge in [0.2, 0.25) is 0 Å². The van der Waals surface area contributed by atoms with Crippen LogP contribution in [0.25, 0.3) is 0 Å². The number of hydrogen-bond donors (Lipinski definition) is 1. The molecule has 2 aromatic heterocycles. The van der Waals surface area contributed by atoms with Crippen LogP contribution in [0.3, 0.4) is 0 Å². The fourth-order valence-corrected chi connectivity index (χ4v) is 3.08. The summed E-state index contributed by atoms with van der Waals surface area (Å²) in [7, 11) is 1.77. The average Bonchev–Trinajstić information content (AvgIpc) is 3.21. The molecule has 0 radical (unpaired) electrons. The molecule has 0 saturated heterocycles. The summed E-state index contributed by atoms with van der Waals surface area (Å²) in [5.41, 5.74) is 0.326. The van der Waals surface area contributed by atoms with Crippen LogP contribution in [0, 0.1) is 0 Å². The number of amides is 1. The molecule has 1 aliphatic carbocycles. The predicted molar refractivity (Wildman–Crippen MR) is 86.0 cm³/mol. The Morgan fingerprint density at radius 1 is 1.48 bits per heavy atom. The summed E-state index contributed by atoms with van der Waals surface area (Å²) >= 11 is 7.83. The molecule has 1 saturated carbocycles. The van der Waals surface area contributed by atoms with Crippen molar-refractivity contribution in [3.8, 4) is 0 Å². The Morgan fingerprint density at radius 2 is 2.29 bits per heavy atom. The quantitative estimate of drug-likeness (QED) is 0.914. The van der Waals surface area contributed by atoms with Crippen LogP contribution in [0.5, 0.6) is 0 Å². The maximum absolute atomic E-state index is 12.8. The molecule has 1 fully saturated rings. The molecule has 110 valence electrons. The molecule has 1 N–H and O–H groups in total. The summed E-state index contributed by atoms with van der Waals surface area (Å²) in [5, 5.41) is 5.36. The van der Waals surface area contributed by atoms with E-state index in [1.54, 1.807) is 30.5 Å². The highest BCUT2D eigenvalue weighted by atomic mass is 35.5. The lowest BCUT2D eigenvalue weighted by Crippen LogP contribution is -2.33. The number of pyridine rings is 1. The van der Waals surface area contributed by atoms with Gasteiger partial charge >= 0.3 is 0 Å². The second-order valence-electron chi connectivity index (χ2n) is 5.02. The van der Waals surface area contributed by atoms with E-state index in [4.69, 9.17) is 11.6 Å². The van der Waals surface area contributed by atoms with Crippen LogP contribution in [-0.4, -0.2) is 28.9 Å². The number of carbonyl (C=O) groups excluding carboxylic acids is 1. The first-order valence-electron chi connectivity index (χ1n) is 6.86. The van der Waals surface area contributed by atoms with Crippen LogP contribution in [-0.2, 0) is 6.54 Å². The summed E-state index contributed by atoms with van der Waals surface area (Å²) in [6, 6.07) is 7.84. The molecule has 21 heavy (non-hydrogen) atoms. The van der Waals surface area contributed by atoms with Crippen molar-refractivity contribution in [2.24, 2.45) is 0 Å². The van der Waals surface area contributed by atoms with Crippen molar-refractivity contribution in [3.05, 3.63) is 45.2 Å². The Kier molecular flexibility index (Phi) is 4.12. The van der Waals surface area contributed by atoms with Gasteiger partial charge in [-0.3, -0.25) is 4.79 Å². The van der Waals surface area contributed by atoms with Gasteiger partial charge in [0.05, 0.1) is 11.6 Å². The van der Waals surface area contributed by atoms with Crippen molar-refractivity contribution in [1.82, 2.24) is 9.88 Å². The summed E-state index contributed by atoms with van der Waals surface area (Å²) in [6.45, 7) is 0.628. The standard InChI is InChI=1S/C15H16ClN3OS/c1-17-13-7-6-12(16)14(18-13)15(20)19(10-4-5-10)9-11-3-2-8-21-11/h2-3,6-8,10H,4-5,9H2,1H3,(H,17,18). The van der Waals surface area contributed by atoms with E-state index in [-0.39, 0.29) is 5.91 Å². The Morgan fingerprint density at radius 3 is 2.90 bits per heavy atom. The molecule has 2 aromatic rings. The zero-order valence-electron chi connectivity index (χ0n) is 11.7. The molecule has 6 heteroatoms. The number of aromatic nitrogens is 1. The van der Waals surface area contributed by atoms with Crippen molar-refractivity contribution >= 4 is 34.7 Å². The molecule has 0 aromatic carbocycles. The van der Waals surface area contributed by atoms with Crippen molar-refractivity contribution in [2.45, 2.75) is 25.4 Å². The van der Waals surface area contributed by atoms with E-state index in [2.05, 4.69) is 10.3 Å². The van der Waals surface area contributed by atoms with Gasteiger partial charge in [-0.1, -0.05) is 17.7 Å². The van der Waals surface area contributed by atoms with Gasteiger partial charge in [0.15, 0.2) is 0 Å². The monoisotopic (exact) mass is 321 g/mol. The number of nitrogens with one attached hydrogen (secondary N) is 1. The van der Waals surface area contributed by atoms with Gasteiger partial charge < -0.3 is 10.2 Å². The summed E-state index contributed by atoms with van der Waals surface area (Å²) in [6.07, 6.45) is 2.11. The van der Waals surface area contributed by atoms with E-state index < -0.39 is 0 Å². The van der Waals surface area contributed by atoms with Crippen molar-refractivity contribution < 1.29 is 4.79 Å². The molecule has 3 rings (SSSR count). The summed E-state index contributed by atoms with van der Waals surface area (Å²) < 4.78 is 0. The Balaban J connectivity index is 1.87. The van der Waals surface area contributed by atoms with Crippen molar-refractivity contribution in [1.29, 1.82) is 0 Å². The minimum Gasteiger partial charge on any atom is -0.373 e. The van der Waals surface area contributed by atoms with E-state index in [1.807, 2.05) is 22.4 Å². The molecular formula is C15H16ClN3OS. The first kappa shape index (κ1) is 14.4. The third-order valence-electron chi connectivity index (χ3n) is 3.46. The van der Waals surface area contributed by atoms with Gasteiger partial charge in [0.25, 0.3) is 5.91 Å². The highest BCUT2D eigenvalue weighted by molar-refractivity contribution is 7.09. The van der Waals surface area contributed by atoms with Crippen LogP contribution < -0.4 is 5.32 Å². The fraction of sp³-hybridized carbons (Fsp3) is 0.333. The molecule has 0 spiro atoms. The summed E-state index contributed by atoms with van der Waals surface area (Å²) in [4.78, 5) is 20.2. The second-order valence-corrected chi connectivity index (χ2v) is 6.46. The number of carbonyl (C=O) groups is 1. The first-order valence-corrected chi connectivity index (χ1v) is 8.12. The van der Waals surface area contributed by atoms with Crippen LogP contribution in [0.4, 0.5) is 5.82 Å². The Labute approximate surface area is 132 Å². The van der Waals surface area contributed by atoms with Gasteiger partial charge in [-0.2, -0.15) is 0 Å². The summed E-state index contributed by atoms with van der Waals surface area (Å²) in [5.74, 6) is 0.558. The molecule has 2 heterocycles. The topological polar surface area (TPSA) is 45.2 Å². The predicted octanol–water partition coefficient (Wildman–Crippen LogP) is 3.64. The normalized spacial score (nSPS) is 14.0. The van der Waals surface area contributed by atoms with Crippen LogP contribution >= 0.6 is 22.9 Å². The number of nitrogens with zero attached hydrogens (tertiary/aromatic N) is 2. The number of hydrogen-bond acceptors (Lipinski definition) is 4. The van der Waals surface area contributed by atoms with E-state index in [9.17, 15) is 4.79 Å². The van der Waals surface area contributed by atoms with Gasteiger partial charge in [-0.15, -0.1) is 11.3 Å². The highest BCUT2D eigenvalue weighted by Gasteiger charge is 2.34. The van der Waals surface area contributed by atoms with Crippen LogP contribution in [0.1, 0.15) is 28.2 Å². The van der Waals surface area contributed by atoms with E-state index in [0.29, 0.717) is 29.1 Å². The molecule has 0 unspecified atom stereocenters. The lowest BCUT2D eigenvalue weighted by molar-refractivity contribution is 0.0726. The number of halogens is 1. The van der Waals surface area contributed by atoms with Crippen molar-refractivity contribution in [2.75, 3.05) is 12.4 Å². The maximum atomic E-state index is 12.8.